The van der Waals surface area contributed by atoms with Crippen LogP contribution in [0, 0.1) is 0 Å². The number of rotatable bonds is 5. The molecule has 4 aromatic rings. The summed E-state index contributed by atoms with van der Waals surface area (Å²) < 4.78 is 6.40. The Morgan fingerprint density at radius 1 is 0.935 bits per heavy atom. The van der Waals surface area contributed by atoms with Gasteiger partial charge in [0.25, 0.3) is 0 Å². The first-order valence-electron chi connectivity index (χ1n) is 9.99. The second-order valence-corrected chi connectivity index (χ2v) is 9.02. The summed E-state index contributed by atoms with van der Waals surface area (Å²) in [7, 11) is 1.69. The molecule has 1 aliphatic heterocycles. The Bertz CT molecular complexity index is 1200. The predicted octanol–water partition coefficient (Wildman–Crippen LogP) is 6.94. The van der Waals surface area contributed by atoms with E-state index >= 15 is 0 Å². The van der Waals surface area contributed by atoms with Crippen molar-refractivity contribution < 1.29 is 4.74 Å². The molecule has 31 heavy (non-hydrogen) atoms. The Hall–Kier alpha value is -2.96. The maximum atomic E-state index is 5.34. The SMILES string of the molecule is COc1ccc(C2CC(c3ccccc3)=NN2c2nc(-c3ccc(Br)cc3)cs2)cc1. The van der Waals surface area contributed by atoms with Gasteiger partial charge in [0.15, 0.2) is 0 Å². The third kappa shape index (κ3) is 4.13. The van der Waals surface area contributed by atoms with E-state index in [2.05, 4.69) is 74.8 Å². The molecule has 4 nitrogen and oxygen atoms in total. The molecule has 0 saturated heterocycles. The number of hydrazone groups is 1. The number of benzene rings is 3. The van der Waals surface area contributed by atoms with Crippen molar-refractivity contribution in [1.29, 1.82) is 0 Å². The third-order valence-corrected chi connectivity index (χ3v) is 6.70. The summed E-state index contributed by atoms with van der Waals surface area (Å²) in [4.78, 5) is 4.93. The van der Waals surface area contributed by atoms with Crippen LogP contribution in [-0.2, 0) is 0 Å². The van der Waals surface area contributed by atoms with Crippen molar-refractivity contribution in [2.75, 3.05) is 12.1 Å². The molecule has 0 aliphatic carbocycles. The summed E-state index contributed by atoms with van der Waals surface area (Å²) in [6, 6.07) is 26.9. The number of methoxy groups -OCH3 is 1. The van der Waals surface area contributed by atoms with Gasteiger partial charge in [-0.2, -0.15) is 5.10 Å². The van der Waals surface area contributed by atoms with Crippen LogP contribution in [0.2, 0.25) is 0 Å². The fraction of sp³-hybridized carbons (Fsp3) is 0.120. The molecule has 1 aromatic heterocycles. The Morgan fingerprint density at radius 3 is 2.39 bits per heavy atom. The highest BCUT2D eigenvalue weighted by molar-refractivity contribution is 9.10. The average Bonchev–Trinajstić information content (AvgIpc) is 3.48. The quantitative estimate of drug-likeness (QED) is 0.304. The average molecular weight is 490 g/mol. The molecule has 6 heteroatoms. The van der Waals surface area contributed by atoms with Crippen LogP contribution in [0.4, 0.5) is 5.13 Å². The zero-order valence-electron chi connectivity index (χ0n) is 16.9. The second kappa shape index (κ2) is 8.65. The number of ether oxygens (including phenoxy) is 1. The van der Waals surface area contributed by atoms with Crippen molar-refractivity contribution in [3.8, 4) is 17.0 Å². The minimum absolute atomic E-state index is 0.0880. The van der Waals surface area contributed by atoms with E-state index in [0.29, 0.717) is 0 Å². The zero-order valence-corrected chi connectivity index (χ0v) is 19.3. The first-order valence-corrected chi connectivity index (χ1v) is 11.7. The molecule has 0 saturated carbocycles. The first kappa shape index (κ1) is 20.0. The normalized spacial score (nSPS) is 15.7. The van der Waals surface area contributed by atoms with Gasteiger partial charge in [0, 0.05) is 21.8 Å². The monoisotopic (exact) mass is 489 g/mol. The van der Waals surface area contributed by atoms with Crippen LogP contribution in [-0.4, -0.2) is 17.8 Å². The topological polar surface area (TPSA) is 37.7 Å². The van der Waals surface area contributed by atoms with Crippen molar-refractivity contribution >= 4 is 38.1 Å². The van der Waals surface area contributed by atoms with Gasteiger partial charge in [-0.3, -0.25) is 0 Å². The molecule has 1 aliphatic rings. The van der Waals surface area contributed by atoms with E-state index in [9.17, 15) is 0 Å². The number of anilines is 1. The van der Waals surface area contributed by atoms with Crippen LogP contribution in [0.25, 0.3) is 11.3 Å². The van der Waals surface area contributed by atoms with Gasteiger partial charge in [0.1, 0.15) is 5.75 Å². The van der Waals surface area contributed by atoms with E-state index in [1.165, 1.54) is 5.56 Å². The van der Waals surface area contributed by atoms with Crippen LogP contribution in [0.1, 0.15) is 23.6 Å². The molecule has 0 radical (unpaired) electrons. The number of halogens is 1. The maximum absolute atomic E-state index is 5.34. The summed E-state index contributed by atoms with van der Waals surface area (Å²) >= 11 is 5.12. The number of aromatic nitrogens is 1. The molecule has 0 bridgehead atoms. The number of hydrogen-bond acceptors (Lipinski definition) is 5. The zero-order chi connectivity index (χ0) is 21.2. The van der Waals surface area contributed by atoms with Crippen LogP contribution < -0.4 is 9.75 Å². The molecule has 2 heterocycles. The summed E-state index contributed by atoms with van der Waals surface area (Å²) in [5, 5.41) is 10.1. The van der Waals surface area contributed by atoms with E-state index < -0.39 is 0 Å². The maximum Gasteiger partial charge on any atom is 0.207 e. The highest BCUT2D eigenvalue weighted by atomic mass is 79.9. The Balaban J connectivity index is 1.52. The van der Waals surface area contributed by atoms with E-state index in [1.807, 2.05) is 30.3 Å². The minimum Gasteiger partial charge on any atom is -0.497 e. The molecule has 154 valence electrons. The van der Waals surface area contributed by atoms with Crippen LogP contribution in [0.15, 0.2) is 93.8 Å². The molecule has 5 rings (SSSR count). The van der Waals surface area contributed by atoms with Crippen molar-refractivity contribution in [2.24, 2.45) is 5.10 Å². The number of nitrogens with zero attached hydrogens (tertiary/aromatic N) is 3. The highest BCUT2D eigenvalue weighted by Gasteiger charge is 2.31. The van der Waals surface area contributed by atoms with Crippen LogP contribution in [0.3, 0.4) is 0 Å². The lowest BCUT2D eigenvalue weighted by molar-refractivity contribution is 0.414. The molecule has 0 spiro atoms. The van der Waals surface area contributed by atoms with Crippen LogP contribution in [0.5, 0.6) is 5.75 Å². The molecule has 0 amide bonds. The molecule has 3 aromatic carbocycles. The fourth-order valence-corrected chi connectivity index (χ4v) is 4.80. The van der Waals surface area contributed by atoms with E-state index in [1.54, 1.807) is 18.4 Å². The third-order valence-electron chi connectivity index (χ3n) is 5.35. The van der Waals surface area contributed by atoms with Crippen LogP contribution >= 0.6 is 27.3 Å². The van der Waals surface area contributed by atoms with Gasteiger partial charge < -0.3 is 4.74 Å². The Labute approximate surface area is 194 Å². The lowest BCUT2D eigenvalue weighted by atomic mass is 9.98. The largest absolute Gasteiger partial charge is 0.497 e. The highest BCUT2D eigenvalue weighted by Crippen LogP contribution is 2.39. The molecule has 1 atom stereocenters. The predicted molar refractivity (Wildman–Crippen MR) is 131 cm³/mol. The summed E-state index contributed by atoms with van der Waals surface area (Å²) in [6.07, 6.45) is 0.823. The van der Waals surface area contributed by atoms with E-state index in [0.717, 1.165) is 44.3 Å². The summed E-state index contributed by atoms with van der Waals surface area (Å²) in [5.74, 6) is 0.851. The second-order valence-electron chi connectivity index (χ2n) is 7.27. The number of thiazole rings is 1. The smallest absolute Gasteiger partial charge is 0.207 e. The molecular formula is C25H20BrN3OS. The molecule has 1 unspecified atom stereocenters. The minimum atomic E-state index is 0.0880. The van der Waals surface area contributed by atoms with Crippen molar-refractivity contribution in [2.45, 2.75) is 12.5 Å². The van der Waals surface area contributed by atoms with Crippen molar-refractivity contribution in [1.82, 2.24) is 4.98 Å². The lowest BCUT2D eigenvalue weighted by Crippen LogP contribution is -2.18. The van der Waals surface area contributed by atoms with Gasteiger partial charge >= 0.3 is 0 Å². The lowest BCUT2D eigenvalue weighted by Gasteiger charge is -2.21. The summed E-state index contributed by atoms with van der Waals surface area (Å²) in [5.41, 5.74) is 5.47. The summed E-state index contributed by atoms with van der Waals surface area (Å²) in [6.45, 7) is 0. The van der Waals surface area contributed by atoms with E-state index in [4.69, 9.17) is 14.8 Å². The molecule has 0 N–H and O–H groups in total. The van der Waals surface area contributed by atoms with Crippen molar-refractivity contribution in [3.63, 3.8) is 0 Å². The standard InChI is InChI=1S/C25H20BrN3OS/c1-30-21-13-9-19(10-14-21)24-15-22(17-5-3-2-4-6-17)28-29(24)25-27-23(16-31-25)18-7-11-20(26)12-8-18/h2-14,16,24H,15H2,1H3. The van der Waals surface area contributed by atoms with Gasteiger partial charge in [0.05, 0.1) is 24.6 Å². The fourth-order valence-electron chi connectivity index (χ4n) is 3.70. The Kier molecular flexibility index (Phi) is 5.57. The van der Waals surface area contributed by atoms with Gasteiger partial charge in [0.2, 0.25) is 5.13 Å². The Morgan fingerprint density at radius 2 is 1.68 bits per heavy atom. The van der Waals surface area contributed by atoms with Gasteiger partial charge in [-0.15, -0.1) is 11.3 Å². The molecular weight excluding hydrogens is 470 g/mol. The van der Waals surface area contributed by atoms with E-state index in [-0.39, 0.29) is 6.04 Å². The van der Waals surface area contributed by atoms with Gasteiger partial charge in [-0.05, 0) is 35.4 Å². The molecule has 0 fully saturated rings. The van der Waals surface area contributed by atoms with Gasteiger partial charge in [-0.25, -0.2) is 9.99 Å². The van der Waals surface area contributed by atoms with Crippen molar-refractivity contribution in [3.05, 3.63) is 99.8 Å². The van der Waals surface area contributed by atoms with Gasteiger partial charge in [-0.1, -0.05) is 70.5 Å². The number of hydrogen-bond donors (Lipinski definition) is 0. The first-order chi connectivity index (χ1) is 15.2.